The summed E-state index contributed by atoms with van der Waals surface area (Å²) in [6.45, 7) is 1.20. The van der Waals surface area contributed by atoms with E-state index in [1.165, 1.54) is 16.9 Å². The van der Waals surface area contributed by atoms with Gasteiger partial charge in [0.15, 0.2) is 0 Å². The van der Waals surface area contributed by atoms with Crippen LogP contribution in [0.2, 0.25) is 4.34 Å². The predicted octanol–water partition coefficient (Wildman–Crippen LogP) is 4.05. The Kier molecular flexibility index (Phi) is 5.86. The molecule has 1 atom stereocenters. The van der Waals surface area contributed by atoms with Crippen LogP contribution in [0.4, 0.5) is 0 Å². The molecule has 1 heterocycles. The molecule has 0 radical (unpaired) electrons. The standard InChI is InChI=1S/C15H18ClNOS/c16-15-9-8-14(19-15)13(11-17)18-10-4-7-12-5-2-1-3-6-12/h1-3,5-6,8-9,13H,4,7,10-11,17H2. The zero-order valence-corrected chi connectivity index (χ0v) is 12.3. The fourth-order valence-corrected chi connectivity index (χ4v) is 3.04. The molecular weight excluding hydrogens is 278 g/mol. The molecule has 0 aliphatic rings. The summed E-state index contributed by atoms with van der Waals surface area (Å²) in [5.41, 5.74) is 7.09. The number of thiophene rings is 1. The van der Waals surface area contributed by atoms with Gasteiger partial charge in [-0.1, -0.05) is 41.9 Å². The second kappa shape index (κ2) is 7.65. The van der Waals surface area contributed by atoms with Crippen molar-refractivity contribution < 1.29 is 4.74 Å². The van der Waals surface area contributed by atoms with Crippen molar-refractivity contribution in [3.8, 4) is 0 Å². The minimum absolute atomic E-state index is 0.0340. The van der Waals surface area contributed by atoms with E-state index < -0.39 is 0 Å². The van der Waals surface area contributed by atoms with Crippen LogP contribution in [0.3, 0.4) is 0 Å². The monoisotopic (exact) mass is 295 g/mol. The average Bonchev–Trinajstić information content (AvgIpc) is 2.86. The third-order valence-electron chi connectivity index (χ3n) is 2.90. The molecule has 4 heteroatoms. The van der Waals surface area contributed by atoms with Crippen LogP contribution in [-0.2, 0) is 11.2 Å². The second-order valence-electron chi connectivity index (χ2n) is 4.33. The van der Waals surface area contributed by atoms with Crippen molar-refractivity contribution in [3.63, 3.8) is 0 Å². The highest BCUT2D eigenvalue weighted by molar-refractivity contribution is 7.16. The summed E-state index contributed by atoms with van der Waals surface area (Å²) >= 11 is 7.46. The molecule has 0 saturated carbocycles. The first-order chi connectivity index (χ1) is 9.29. The lowest BCUT2D eigenvalue weighted by molar-refractivity contribution is 0.0595. The van der Waals surface area contributed by atoms with Crippen molar-refractivity contribution in [3.05, 3.63) is 57.2 Å². The van der Waals surface area contributed by atoms with Gasteiger partial charge in [0.05, 0.1) is 4.34 Å². The third kappa shape index (κ3) is 4.62. The maximum atomic E-state index is 5.92. The van der Waals surface area contributed by atoms with Gasteiger partial charge in [0.1, 0.15) is 6.10 Å². The summed E-state index contributed by atoms with van der Waals surface area (Å²) in [6, 6.07) is 14.3. The highest BCUT2D eigenvalue weighted by Gasteiger charge is 2.12. The molecule has 1 aromatic heterocycles. The lowest BCUT2D eigenvalue weighted by Crippen LogP contribution is -2.15. The van der Waals surface area contributed by atoms with E-state index in [4.69, 9.17) is 22.1 Å². The van der Waals surface area contributed by atoms with Crippen LogP contribution >= 0.6 is 22.9 Å². The van der Waals surface area contributed by atoms with Crippen molar-refractivity contribution in [2.45, 2.75) is 18.9 Å². The van der Waals surface area contributed by atoms with Gasteiger partial charge in [0.2, 0.25) is 0 Å². The van der Waals surface area contributed by atoms with Crippen molar-refractivity contribution in [2.75, 3.05) is 13.2 Å². The van der Waals surface area contributed by atoms with Crippen LogP contribution in [0.5, 0.6) is 0 Å². The molecule has 19 heavy (non-hydrogen) atoms. The summed E-state index contributed by atoms with van der Waals surface area (Å²) in [7, 11) is 0. The van der Waals surface area contributed by atoms with Crippen LogP contribution in [0, 0.1) is 0 Å². The first kappa shape index (κ1) is 14.5. The molecule has 0 saturated heterocycles. The smallest absolute Gasteiger partial charge is 0.104 e. The Morgan fingerprint density at radius 1 is 1.16 bits per heavy atom. The molecule has 2 nitrogen and oxygen atoms in total. The van der Waals surface area contributed by atoms with Gasteiger partial charge in [-0.25, -0.2) is 0 Å². The molecule has 2 rings (SSSR count). The third-order valence-corrected chi connectivity index (χ3v) is 4.22. The lowest BCUT2D eigenvalue weighted by Gasteiger charge is -2.14. The molecule has 0 amide bonds. The molecule has 0 spiro atoms. The van der Waals surface area contributed by atoms with E-state index in [0.717, 1.165) is 22.1 Å². The largest absolute Gasteiger partial charge is 0.371 e. The number of ether oxygens (including phenoxy) is 1. The van der Waals surface area contributed by atoms with Gasteiger partial charge in [0, 0.05) is 18.0 Å². The van der Waals surface area contributed by atoms with Crippen LogP contribution in [0.15, 0.2) is 42.5 Å². The Balaban J connectivity index is 1.75. The first-order valence-electron chi connectivity index (χ1n) is 6.40. The SMILES string of the molecule is NCC(OCCCc1ccccc1)c1ccc(Cl)s1. The van der Waals surface area contributed by atoms with E-state index in [0.29, 0.717) is 13.2 Å². The van der Waals surface area contributed by atoms with Gasteiger partial charge in [-0.15, -0.1) is 11.3 Å². The van der Waals surface area contributed by atoms with Crippen LogP contribution in [-0.4, -0.2) is 13.2 Å². The zero-order valence-electron chi connectivity index (χ0n) is 10.7. The molecule has 1 unspecified atom stereocenters. The topological polar surface area (TPSA) is 35.2 Å². The first-order valence-corrected chi connectivity index (χ1v) is 7.60. The van der Waals surface area contributed by atoms with Gasteiger partial charge >= 0.3 is 0 Å². The number of aryl methyl sites for hydroxylation is 1. The maximum absolute atomic E-state index is 5.92. The van der Waals surface area contributed by atoms with E-state index in [1.54, 1.807) is 0 Å². The number of halogens is 1. The summed E-state index contributed by atoms with van der Waals surface area (Å²) in [5.74, 6) is 0. The fourth-order valence-electron chi connectivity index (χ4n) is 1.91. The van der Waals surface area contributed by atoms with Crippen LogP contribution in [0.25, 0.3) is 0 Å². The van der Waals surface area contributed by atoms with Crippen molar-refractivity contribution in [2.24, 2.45) is 5.73 Å². The van der Waals surface area contributed by atoms with Gasteiger partial charge in [-0.2, -0.15) is 0 Å². The minimum Gasteiger partial charge on any atom is -0.371 e. The molecule has 2 N–H and O–H groups in total. The Hall–Kier alpha value is -0.870. The Bertz CT molecular complexity index is 486. The summed E-state index contributed by atoms with van der Waals surface area (Å²) in [6.07, 6.45) is 2.00. The van der Waals surface area contributed by atoms with Crippen molar-refractivity contribution >= 4 is 22.9 Å². The van der Waals surface area contributed by atoms with E-state index >= 15 is 0 Å². The Morgan fingerprint density at radius 2 is 1.95 bits per heavy atom. The molecule has 0 aliphatic heterocycles. The fraction of sp³-hybridized carbons (Fsp3) is 0.333. The predicted molar refractivity (Wildman–Crippen MR) is 81.8 cm³/mol. The van der Waals surface area contributed by atoms with E-state index in [-0.39, 0.29) is 6.10 Å². The minimum atomic E-state index is -0.0340. The summed E-state index contributed by atoms with van der Waals surface area (Å²) < 4.78 is 6.62. The summed E-state index contributed by atoms with van der Waals surface area (Å²) in [4.78, 5) is 1.10. The van der Waals surface area contributed by atoms with Gasteiger partial charge < -0.3 is 10.5 Å². The number of hydrogen-bond donors (Lipinski definition) is 1. The van der Waals surface area contributed by atoms with E-state index in [9.17, 15) is 0 Å². The quantitative estimate of drug-likeness (QED) is 0.782. The molecule has 0 fully saturated rings. The van der Waals surface area contributed by atoms with Gasteiger partial charge in [0.25, 0.3) is 0 Å². The molecule has 2 aromatic rings. The number of benzene rings is 1. The number of hydrogen-bond acceptors (Lipinski definition) is 3. The highest BCUT2D eigenvalue weighted by Crippen LogP contribution is 2.28. The molecule has 102 valence electrons. The normalized spacial score (nSPS) is 12.5. The summed E-state index contributed by atoms with van der Waals surface area (Å²) in [5, 5.41) is 0. The number of nitrogens with two attached hydrogens (primary N) is 1. The molecule has 0 bridgehead atoms. The van der Waals surface area contributed by atoms with Crippen molar-refractivity contribution in [1.29, 1.82) is 0 Å². The van der Waals surface area contributed by atoms with E-state index in [1.807, 2.05) is 18.2 Å². The van der Waals surface area contributed by atoms with Crippen molar-refractivity contribution in [1.82, 2.24) is 0 Å². The molecular formula is C15H18ClNOS. The van der Waals surface area contributed by atoms with E-state index in [2.05, 4.69) is 24.3 Å². The molecule has 0 aliphatic carbocycles. The van der Waals surface area contributed by atoms with Gasteiger partial charge in [-0.05, 0) is 30.5 Å². The number of rotatable bonds is 7. The lowest BCUT2D eigenvalue weighted by atomic mass is 10.1. The average molecular weight is 296 g/mol. The highest BCUT2D eigenvalue weighted by atomic mass is 35.5. The van der Waals surface area contributed by atoms with Crippen LogP contribution < -0.4 is 5.73 Å². The van der Waals surface area contributed by atoms with Gasteiger partial charge in [-0.3, -0.25) is 0 Å². The zero-order chi connectivity index (χ0) is 13.5. The second-order valence-corrected chi connectivity index (χ2v) is 6.07. The Morgan fingerprint density at radius 3 is 2.58 bits per heavy atom. The maximum Gasteiger partial charge on any atom is 0.104 e. The molecule has 1 aromatic carbocycles. The van der Waals surface area contributed by atoms with Crippen LogP contribution in [0.1, 0.15) is 23.0 Å². The Labute approximate surface area is 123 Å².